The van der Waals surface area contributed by atoms with Crippen LogP contribution in [-0.2, 0) is 0 Å². The third-order valence-electron chi connectivity index (χ3n) is 2.62. The SMILES string of the molecule is C=CCNCC(C)Oc1cnc2ccccc2c1. The Morgan fingerprint density at radius 2 is 2.28 bits per heavy atom. The van der Waals surface area contributed by atoms with Gasteiger partial charge in [0.1, 0.15) is 11.9 Å². The smallest absolute Gasteiger partial charge is 0.138 e. The van der Waals surface area contributed by atoms with E-state index in [9.17, 15) is 0 Å². The van der Waals surface area contributed by atoms with Crippen molar-refractivity contribution in [2.45, 2.75) is 13.0 Å². The molecule has 1 aromatic heterocycles. The Labute approximate surface area is 107 Å². The van der Waals surface area contributed by atoms with Crippen LogP contribution in [-0.4, -0.2) is 24.2 Å². The summed E-state index contributed by atoms with van der Waals surface area (Å²) in [5, 5.41) is 4.33. The highest BCUT2D eigenvalue weighted by atomic mass is 16.5. The normalized spacial score (nSPS) is 12.3. The Morgan fingerprint density at radius 1 is 1.44 bits per heavy atom. The van der Waals surface area contributed by atoms with E-state index >= 15 is 0 Å². The van der Waals surface area contributed by atoms with E-state index in [4.69, 9.17) is 4.74 Å². The Balaban J connectivity index is 2.00. The highest BCUT2D eigenvalue weighted by Gasteiger charge is 2.04. The van der Waals surface area contributed by atoms with Crippen molar-refractivity contribution < 1.29 is 4.74 Å². The van der Waals surface area contributed by atoms with Crippen molar-refractivity contribution in [3.8, 4) is 5.75 Å². The van der Waals surface area contributed by atoms with Crippen molar-refractivity contribution in [2.24, 2.45) is 0 Å². The number of nitrogens with one attached hydrogen (secondary N) is 1. The zero-order valence-corrected chi connectivity index (χ0v) is 10.6. The summed E-state index contributed by atoms with van der Waals surface area (Å²) in [6.07, 6.45) is 3.71. The molecule has 0 spiro atoms. The van der Waals surface area contributed by atoms with Crippen LogP contribution in [0.3, 0.4) is 0 Å². The Kier molecular flexibility index (Phi) is 4.31. The van der Waals surface area contributed by atoms with Gasteiger partial charge in [0, 0.05) is 18.5 Å². The minimum Gasteiger partial charge on any atom is -0.488 e. The number of fused-ring (bicyclic) bond motifs is 1. The molecule has 94 valence electrons. The molecule has 0 bridgehead atoms. The number of benzene rings is 1. The summed E-state index contributed by atoms with van der Waals surface area (Å²) in [5.74, 6) is 0.807. The second-order valence-electron chi connectivity index (χ2n) is 4.24. The molecule has 1 unspecified atom stereocenters. The van der Waals surface area contributed by atoms with E-state index in [0.29, 0.717) is 0 Å². The van der Waals surface area contributed by atoms with E-state index < -0.39 is 0 Å². The van der Waals surface area contributed by atoms with Crippen LogP contribution in [0.1, 0.15) is 6.92 Å². The highest BCUT2D eigenvalue weighted by Crippen LogP contribution is 2.18. The lowest BCUT2D eigenvalue weighted by Crippen LogP contribution is -2.28. The summed E-state index contributed by atoms with van der Waals surface area (Å²) in [6.45, 7) is 7.28. The zero-order valence-electron chi connectivity index (χ0n) is 10.6. The summed E-state index contributed by atoms with van der Waals surface area (Å²) in [5.41, 5.74) is 0.988. The lowest BCUT2D eigenvalue weighted by Gasteiger charge is -2.15. The maximum Gasteiger partial charge on any atom is 0.138 e. The molecule has 0 fully saturated rings. The zero-order chi connectivity index (χ0) is 12.8. The average Bonchev–Trinajstić information content (AvgIpc) is 2.39. The molecule has 1 N–H and O–H groups in total. The van der Waals surface area contributed by atoms with Crippen molar-refractivity contribution >= 4 is 10.9 Å². The van der Waals surface area contributed by atoms with Gasteiger partial charge in [0.05, 0.1) is 11.7 Å². The lowest BCUT2D eigenvalue weighted by atomic mass is 10.2. The molecular weight excluding hydrogens is 224 g/mol. The number of para-hydroxylation sites is 1. The van der Waals surface area contributed by atoms with Gasteiger partial charge in [-0.05, 0) is 19.1 Å². The standard InChI is InChI=1S/C15H18N2O/c1-3-8-16-10-12(2)18-14-9-13-6-4-5-7-15(13)17-11-14/h3-7,9,11-12,16H,1,8,10H2,2H3. The fourth-order valence-corrected chi connectivity index (χ4v) is 1.78. The van der Waals surface area contributed by atoms with E-state index in [1.807, 2.05) is 43.3 Å². The lowest BCUT2D eigenvalue weighted by molar-refractivity contribution is 0.218. The molecule has 0 saturated carbocycles. The summed E-state index contributed by atoms with van der Waals surface area (Å²) >= 11 is 0. The molecule has 2 rings (SSSR count). The van der Waals surface area contributed by atoms with Gasteiger partial charge in [-0.15, -0.1) is 6.58 Å². The van der Waals surface area contributed by atoms with E-state index in [-0.39, 0.29) is 6.10 Å². The van der Waals surface area contributed by atoms with Gasteiger partial charge in [0.2, 0.25) is 0 Å². The molecule has 1 aromatic carbocycles. The van der Waals surface area contributed by atoms with Gasteiger partial charge >= 0.3 is 0 Å². The molecule has 1 heterocycles. The fraction of sp³-hybridized carbons (Fsp3) is 0.267. The van der Waals surface area contributed by atoms with Crippen LogP contribution in [0, 0.1) is 0 Å². The first-order valence-corrected chi connectivity index (χ1v) is 6.12. The average molecular weight is 242 g/mol. The minimum atomic E-state index is 0.105. The molecule has 0 saturated heterocycles. The molecule has 0 radical (unpaired) electrons. The molecule has 2 aromatic rings. The van der Waals surface area contributed by atoms with Crippen molar-refractivity contribution in [2.75, 3.05) is 13.1 Å². The summed E-state index contributed by atoms with van der Waals surface area (Å²) in [4.78, 5) is 4.37. The molecule has 0 aliphatic rings. The van der Waals surface area contributed by atoms with Gasteiger partial charge in [0.15, 0.2) is 0 Å². The number of ether oxygens (including phenoxy) is 1. The number of pyridine rings is 1. The number of rotatable bonds is 6. The van der Waals surface area contributed by atoms with E-state index in [0.717, 1.165) is 29.7 Å². The topological polar surface area (TPSA) is 34.1 Å². The molecular formula is C15H18N2O. The van der Waals surface area contributed by atoms with Crippen LogP contribution in [0.25, 0.3) is 10.9 Å². The molecule has 18 heavy (non-hydrogen) atoms. The molecule has 1 atom stereocenters. The Hall–Kier alpha value is -1.87. The molecule has 3 heteroatoms. The third-order valence-corrected chi connectivity index (χ3v) is 2.62. The molecule has 0 aliphatic heterocycles. The van der Waals surface area contributed by atoms with Crippen molar-refractivity contribution in [1.29, 1.82) is 0 Å². The molecule has 0 amide bonds. The number of hydrogen-bond donors (Lipinski definition) is 1. The van der Waals surface area contributed by atoms with Gasteiger partial charge < -0.3 is 10.1 Å². The van der Waals surface area contributed by atoms with Gasteiger partial charge in [-0.3, -0.25) is 4.98 Å². The van der Waals surface area contributed by atoms with E-state index in [1.165, 1.54) is 0 Å². The predicted octanol–water partition coefficient (Wildman–Crippen LogP) is 2.78. The summed E-state index contributed by atoms with van der Waals surface area (Å²) in [6, 6.07) is 10.0. The van der Waals surface area contributed by atoms with Crippen LogP contribution in [0.15, 0.2) is 49.2 Å². The number of nitrogens with zero attached hydrogens (tertiary/aromatic N) is 1. The van der Waals surface area contributed by atoms with Gasteiger partial charge in [0.25, 0.3) is 0 Å². The second-order valence-corrected chi connectivity index (χ2v) is 4.24. The summed E-state index contributed by atoms with van der Waals surface area (Å²) in [7, 11) is 0. The van der Waals surface area contributed by atoms with E-state index in [2.05, 4.69) is 16.9 Å². The van der Waals surface area contributed by atoms with E-state index in [1.54, 1.807) is 6.20 Å². The monoisotopic (exact) mass is 242 g/mol. The second kappa shape index (κ2) is 6.17. The van der Waals surface area contributed by atoms with Crippen LogP contribution >= 0.6 is 0 Å². The maximum atomic E-state index is 5.81. The first-order chi connectivity index (χ1) is 8.79. The van der Waals surface area contributed by atoms with Crippen molar-refractivity contribution in [3.05, 3.63) is 49.2 Å². The maximum absolute atomic E-state index is 5.81. The van der Waals surface area contributed by atoms with Crippen LogP contribution in [0.2, 0.25) is 0 Å². The van der Waals surface area contributed by atoms with Crippen LogP contribution in [0.4, 0.5) is 0 Å². The quantitative estimate of drug-likeness (QED) is 0.624. The third kappa shape index (κ3) is 3.31. The van der Waals surface area contributed by atoms with Crippen molar-refractivity contribution in [3.63, 3.8) is 0 Å². The molecule has 0 aliphatic carbocycles. The van der Waals surface area contributed by atoms with Crippen molar-refractivity contribution in [1.82, 2.24) is 10.3 Å². The van der Waals surface area contributed by atoms with Gasteiger partial charge in [-0.25, -0.2) is 0 Å². The largest absolute Gasteiger partial charge is 0.488 e. The summed E-state index contributed by atoms with van der Waals surface area (Å²) < 4.78 is 5.81. The van der Waals surface area contributed by atoms with Gasteiger partial charge in [-0.2, -0.15) is 0 Å². The first-order valence-electron chi connectivity index (χ1n) is 6.12. The number of hydrogen-bond acceptors (Lipinski definition) is 3. The van der Waals surface area contributed by atoms with Gasteiger partial charge in [-0.1, -0.05) is 24.3 Å². The fourth-order valence-electron chi connectivity index (χ4n) is 1.78. The minimum absolute atomic E-state index is 0.105. The number of aromatic nitrogens is 1. The predicted molar refractivity (Wildman–Crippen MR) is 74.9 cm³/mol. The van der Waals surface area contributed by atoms with Crippen LogP contribution < -0.4 is 10.1 Å². The molecule has 3 nitrogen and oxygen atoms in total. The Bertz CT molecular complexity index is 525. The Morgan fingerprint density at radius 3 is 3.11 bits per heavy atom. The highest BCUT2D eigenvalue weighted by molar-refractivity contribution is 5.79. The first kappa shape index (κ1) is 12.6. The van der Waals surface area contributed by atoms with Crippen LogP contribution in [0.5, 0.6) is 5.75 Å².